The summed E-state index contributed by atoms with van der Waals surface area (Å²) >= 11 is 0. The van der Waals surface area contributed by atoms with Crippen molar-refractivity contribution in [2.24, 2.45) is 10.9 Å². The summed E-state index contributed by atoms with van der Waals surface area (Å²) in [6, 6.07) is 8.57. The number of halogens is 1. The Morgan fingerprint density at radius 1 is 1.25 bits per heavy atom. The van der Waals surface area contributed by atoms with Crippen LogP contribution in [0.4, 0.5) is 0 Å². The van der Waals surface area contributed by atoms with Gasteiger partial charge in [-0.3, -0.25) is 4.99 Å². The van der Waals surface area contributed by atoms with Crippen molar-refractivity contribution in [3.63, 3.8) is 0 Å². The Hall–Kier alpha value is -0.820. The fourth-order valence-electron chi connectivity index (χ4n) is 3.02. The molecule has 1 aliphatic heterocycles. The quantitative estimate of drug-likeness (QED) is 0.306. The predicted octanol–water partition coefficient (Wildman–Crippen LogP) is 3.40. The Balaban J connectivity index is 0.00000288. The van der Waals surface area contributed by atoms with Crippen molar-refractivity contribution in [1.82, 2.24) is 15.5 Å². The van der Waals surface area contributed by atoms with E-state index in [1.165, 1.54) is 50.0 Å². The zero-order valence-electron chi connectivity index (χ0n) is 15.3. The molecule has 5 heteroatoms. The summed E-state index contributed by atoms with van der Waals surface area (Å²) in [6.45, 7) is 9.99. The zero-order chi connectivity index (χ0) is 16.5. The molecule has 0 amide bonds. The van der Waals surface area contributed by atoms with Crippen molar-refractivity contribution in [1.29, 1.82) is 0 Å². The number of guanidine groups is 1. The van der Waals surface area contributed by atoms with Gasteiger partial charge < -0.3 is 15.5 Å². The average Bonchev–Trinajstić information content (AvgIpc) is 2.56. The highest BCUT2D eigenvalue weighted by molar-refractivity contribution is 14.0. The smallest absolute Gasteiger partial charge is 0.191 e. The Morgan fingerprint density at radius 3 is 2.67 bits per heavy atom. The number of aliphatic imine (C=N–C) groups is 1. The monoisotopic (exact) mass is 444 g/mol. The summed E-state index contributed by atoms with van der Waals surface area (Å²) < 4.78 is 0. The minimum Gasteiger partial charge on any atom is -0.356 e. The second-order valence-electron chi connectivity index (χ2n) is 6.72. The number of nitrogens with zero attached hydrogens (tertiary/aromatic N) is 2. The van der Waals surface area contributed by atoms with Crippen LogP contribution in [-0.4, -0.2) is 44.1 Å². The van der Waals surface area contributed by atoms with E-state index in [-0.39, 0.29) is 24.0 Å². The van der Waals surface area contributed by atoms with Crippen molar-refractivity contribution in [2.75, 3.05) is 33.2 Å². The molecule has 0 atom stereocenters. The van der Waals surface area contributed by atoms with Gasteiger partial charge in [-0.15, -0.1) is 24.0 Å². The molecule has 1 heterocycles. The molecule has 2 N–H and O–H groups in total. The van der Waals surface area contributed by atoms with Gasteiger partial charge in [-0.25, -0.2) is 0 Å². The van der Waals surface area contributed by atoms with Crippen LogP contribution in [0.2, 0.25) is 0 Å². The number of piperidine rings is 1. The first-order chi connectivity index (χ1) is 11.2. The molecule has 1 aromatic carbocycles. The van der Waals surface area contributed by atoms with Crippen LogP contribution >= 0.6 is 24.0 Å². The highest BCUT2D eigenvalue weighted by Crippen LogP contribution is 2.15. The van der Waals surface area contributed by atoms with Crippen LogP contribution in [0.25, 0.3) is 0 Å². The van der Waals surface area contributed by atoms with Gasteiger partial charge in [0.2, 0.25) is 0 Å². The molecule has 2 rings (SSSR count). The molecular weight excluding hydrogens is 411 g/mol. The molecule has 0 aromatic heterocycles. The third-order valence-electron chi connectivity index (χ3n) is 4.59. The van der Waals surface area contributed by atoms with E-state index in [1.807, 2.05) is 7.05 Å². The van der Waals surface area contributed by atoms with Crippen molar-refractivity contribution in [3.05, 3.63) is 35.4 Å². The van der Waals surface area contributed by atoms with Gasteiger partial charge >= 0.3 is 0 Å². The van der Waals surface area contributed by atoms with Crippen LogP contribution in [0.3, 0.4) is 0 Å². The maximum Gasteiger partial charge on any atom is 0.191 e. The maximum atomic E-state index is 4.30. The first kappa shape index (κ1) is 21.2. The summed E-state index contributed by atoms with van der Waals surface area (Å²) in [5.74, 6) is 1.80. The molecule has 0 bridgehead atoms. The van der Waals surface area contributed by atoms with E-state index in [1.54, 1.807) is 0 Å². The van der Waals surface area contributed by atoms with Crippen LogP contribution in [0.1, 0.15) is 37.3 Å². The van der Waals surface area contributed by atoms with Crippen molar-refractivity contribution in [3.8, 4) is 0 Å². The second kappa shape index (κ2) is 11.7. The van der Waals surface area contributed by atoms with Crippen molar-refractivity contribution < 1.29 is 0 Å². The van der Waals surface area contributed by atoms with E-state index < -0.39 is 0 Å². The summed E-state index contributed by atoms with van der Waals surface area (Å²) in [7, 11) is 1.83. The Morgan fingerprint density at radius 2 is 2.00 bits per heavy atom. The van der Waals surface area contributed by atoms with Gasteiger partial charge in [0.15, 0.2) is 5.96 Å². The van der Waals surface area contributed by atoms with Crippen LogP contribution in [-0.2, 0) is 6.54 Å². The maximum absolute atomic E-state index is 4.30. The molecule has 0 radical (unpaired) electrons. The number of nitrogens with one attached hydrogen (secondary N) is 2. The number of aryl methyl sites for hydroxylation is 1. The lowest BCUT2D eigenvalue weighted by Gasteiger charge is -2.30. The van der Waals surface area contributed by atoms with E-state index in [0.29, 0.717) is 0 Å². The minimum absolute atomic E-state index is 0. The number of hydrogen-bond donors (Lipinski definition) is 2. The predicted molar refractivity (Wildman–Crippen MR) is 114 cm³/mol. The van der Waals surface area contributed by atoms with Crippen LogP contribution in [0.5, 0.6) is 0 Å². The van der Waals surface area contributed by atoms with E-state index in [4.69, 9.17) is 0 Å². The molecule has 1 aromatic rings. The Kier molecular flexibility index (Phi) is 10.3. The normalized spacial score (nSPS) is 16.5. The first-order valence-electron chi connectivity index (χ1n) is 8.90. The van der Waals surface area contributed by atoms with Crippen LogP contribution in [0.15, 0.2) is 29.3 Å². The molecule has 0 saturated carbocycles. The van der Waals surface area contributed by atoms with Crippen molar-refractivity contribution in [2.45, 2.75) is 39.7 Å². The lowest BCUT2D eigenvalue weighted by atomic mass is 9.99. The number of hydrogen-bond acceptors (Lipinski definition) is 2. The number of benzene rings is 1. The molecule has 4 nitrogen and oxygen atoms in total. The lowest BCUT2D eigenvalue weighted by molar-refractivity contribution is 0.191. The van der Waals surface area contributed by atoms with E-state index >= 15 is 0 Å². The molecule has 1 aliphatic rings. The van der Waals surface area contributed by atoms with Crippen molar-refractivity contribution >= 4 is 29.9 Å². The van der Waals surface area contributed by atoms with Crippen LogP contribution in [0, 0.1) is 12.8 Å². The lowest BCUT2D eigenvalue weighted by Crippen LogP contribution is -2.39. The summed E-state index contributed by atoms with van der Waals surface area (Å²) in [5.41, 5.74) is 2.58. The molecule has 1 saturated heterocycles. The van der Waals surface area contributed by atoms with Gasteiger partial charge in [-0.05, 0) is 57.3 Å². The zero-order valence-corrected chi connectivity index (χ0v) is 17.7. The van der Waals surface area contributed by atoms with E-state index in [9.17, 15) is 0 Å². The number of likely N-dealkylation sites (tertiary alicyclic amines) is 1. The summed E-state index contributed by atoms with van der Waals surface area (Å²) in [4.78, 5) is 6.89. The third-order valence-corrected chi connectivity index (χ3v) is 4.59. The van der Waals surface area contributed by atoms with Gasteiger partial charge in [0.05, 0.1) is 0 Å². The molecule has 1 fully saturated rings. The van der Waals surface area contributed by atoms with Gasteiger partial charge in [0.25, 0.3) is 0 Å². The average molecular weight is 444 g/mol. The number of rotatable bonds is 6. The SMILES string of the molecule is CN=C(NCCCN1CCC(C)CC1)NCc1cccc(C)c1.I. The second-order valence-corrected chi connectivity index (χ2v) is 6.72. The summed E-state index contributed by atoms with van der Waals surface area (Å²) in [6.07, 6.45) is 3.87. The molecule has 136 valence electrons. The van der Waals surface area contributed by atoms with E-state index in [0.717, 1.165) is 25.0 Å². The fraction of sp³-hybridized carbons (Fsp3) is 0.632. The minimum atomic E-state index is 0. The third kappa shape index (κ3) is 7.83. The van der Waals surface area contributed by atoms with Gasteiger partial charge in [0.1, 0.15) is 0 Å². The highest BCUT2D eigenvalue weighted by atomic mass is 127. The molecule has 24 heavy (non-hydrogen) atoms. The van der Waals surface area contributed by atoms with Crippen LogP contribution < -0.4 is 10.6 Å². The fourth-order valence-corrected chi connectivity index (χ4v) is 3.02. The van der Waals surface area contributed by atoms with Gasteiger partial charge in [-0.2, -0.15) is 0 Å². The largest absolute Gasteiger partial charge is 0.356 e. The van der Waals surface area contributed by atoms with E-state index in [2.05, 4.69) is 58.6 Å². The first-order valence-corrected chi connectivity index (χ1v) is 8.90. The van der Waals surface area contributed by atoms with Gasteiger partial charge in [0, 0.05) is 20.1 Å². The van der Waals surface area contributed by atoms with Gasteiger partial charge in [-0.1, -0.05) is 36.8 Å². The molecular formula is C19H33IN4. The standard InChI is InChI=1S/C19H32N4.HI/c1-16-8-12-23(13-9-16)11-5-10-21-19(20-3)22-15-18-7-4-6-17(2)14-18;/h4,6-7,14,16H,5,8-13,15H2,1-3H3,(H2,20,21,22);1H. The molecule has 0 aliphatic carbocycles. The highest BCUT2D eigenvalue weighted by Gasteiger charge is 2.14. The Bertz CT molecular complexity index is 496. The Labute approximate surface area is 164 Å². The summed E-state index contributed by atoms with van der Waals surface area (Å²) in [5, 5.41) is 6.80. The topological polar surface area (TPSA) is 39.7 Å². The molecule has 0 unspecified atom stereocenters. The molecule has 0 spiro atoms.